The average Bonchev–Trinajstić information content (AvgIpc) is 2.63. The Bertz CT molecular complexity index is 986. The minimum Gasteiger partial charge on any atom is -0.352 e. The van der Waals surface area contributed by atoms with Crippen molar-refractivity contribution in [2.24, 2.45) is 0 Å². The SMILES string of the molecule is Cc1ccc2ncc(C(=O)NCCCSc3ccc(F)cc3)c(=O)n2c1. The molecule has 0 saturated carbocycles. The molecule has 134 valence electrons. The van der Waals surface area contributed by atoms with Crippen LogP contribution in [0.1, 0.15) is 22.3 Å². The van der Waals surface area contributed by atoms with Gasteiger partial charge in [0.15, 0.2) is 0 Å². The van der Waals surface area contributed by atoms with Crippen LogP contribution in [0.2, 0.25) is 0 Å². The Labute approximate surface area is 154 Å². The number of carbonyl (C=O) groups excluding carboxylic acids is 1. The minimum absolute atomic E-state index is 0.0271. The van der Waals surface area contributed by atoms with Gasteiger partial charge in [0, 0.05) is 23.8 Å². The van der Waals surface area contributed by atoms with Crippen LogP contribution in [-0.2, 0) is 0 Å². The van der Waals surface area contributed by atoms with Crippen LogP contribution in [0.5, 0.6) is 0 Å². The number of pyridine rings is 1. The van der Waals surface area contributed by atoms with Gasteiger partial charge in [-0.05, 0) is 55.0 Å². The number of hydrogen-bond donors (Lipinski definition) is 1. The predicted octanol–water partition coefficient (Wildman–Crippen LogP) is 3.05. The first-order valence-electron chi connectivity index (χ1n) is 8.19. The number of halogens is 1. The fourth-order valence-electron chi connectivity index (χ4n) is 2.43. The Hall–Kier alpha value is -2.67. The van der Waals surface area contributed by atoms with Gasteiger partial charge in [0.25, 0.3) is 11.5 Å². The predicted molar refractivity (Wildman–Crippen MR) is 100 cm³/mol. The first kappa shape index (κ1) is 18.1. The summed E-state index contributed by atoms with van der Waals surface area (Å²) in [5.74, 6) is 0.0948. The van der Waals surface area contributed by atoms with Crippen molar-refractivity contribution in [3.63, 3.8) is 0 Å². The van der Waals surface area contributed by atoms with Crippen molar-refractivity contribution < 1.29 is 9.18 Å². The van der Waals surface area contributed by atoms with Gasteiger partial charge in [0.1, 0.15) is 17.0 Å². The van der Waals surface area contributed by atoms with Gasteiger partial charge in [0.05, 0.1) is 0 Å². The van der Waals surface area contributed by atoms with Gasteiger partial charge in [-0.3, -0.25) is 14.0 Å². The van der Waals surface area contributed by atoms with Crippen LogP contribution in [0.25, 0.3) is 5.65 Å². The summed E-state index contributed by atoms with van der Waals surface area (Å²) in [5.41, 5.74) is 1.07. The van der Waals surface area contributed by atoms with Crippen LogP contribution in [0.3, 0.4) is 0 Å². The van der Waals surface area contributed by atoms with Crippen molar-refractivity contribution in [2.75, 3.05) is 12.3 Å². The molecule has 26 heavy (non-hydrogen) atoms. The van der Waals surface area contributed by atoms with Crippen LogP contribution < -0.4 is 10.9 Å². The lowest BCUT2D eigenvalue weighted by Gasteiger charge is -2.07. The second-order valence-electron chi connectivity index (χ2n) is 5.82. The molecule has 0 spiro atoms. The molecule has 0 saturated heterocycles. The van der Waals surface area contributed by atoms with Crippen LogP contribution in [-0.4, -0.2) is 27.6 Å². The van der Waals surface area contributed by atoms with Gasteiger partial charge >= 0.3 is 0 Å². The number of rotatable bonds is 6. The van der Waals surface area contributed by atoms with Crippen LogP contribution in [0.15, 0.2) is 58.5 Å². The fourth-order valence-corrected chi connectivity index (χ4v) is 3.28. The van der Waals surface area contributed by atoms with Crippen molar-refractivity contribution in [1.29, 1.82) is 0 Å². The maximum atomic E-state index is 12.8. The van der Waals surface area contributed by atoms with Gasteiger partial charge in [-0.2, -0.15) is 0 Å². The highest BCUT2D eigenvalue weighted by molar-refractivity contribution is 7.99. The zero-order chi connectivity index (χ0) is 18.5. The number of fused-ring (bicyclic) bond motifs is 1. The largest absolute Gasteiger partial charge is 0.352 e. The number of carbonyl (C=O) groups is 1. The summed E-state index contributed by atoms with van der Waals surface area (Å²) in [6, 6.07) is 9.90. The molecule has 2 aromatic heterocycles. The molecule has 2 heterocycles. The van der Waals surface area contributed by atoms with E-state index in [1.54, 1.807) is 36.2 Å². The maximum Gasteiger partial charge on any atom is 0.270 e. The number of aryl methyl sites for hydroxylation is 1. The molecule has 0 unspecified atom stereocenters. The smallest absolute Gasteiger partial charge is 0.270 e. The van der Waals surface area contributed by atoms with Crippen LogP contribution in [0.4, 0.5) is 4.39 Å². The van der Waals surface area contributed by atoms with E-state index in [1.807, 2.05) is 13.0 Å². The molecule has 1 amide bonds. The molecule has 0 aliphatic rings. The van der Waals surface area contributed by atoms with E-state index in [-0.39, 0.29) is 16.9 Å². The number of thioether (sulfide) groups is 1. The quantitative estimate of drug-likeness (QED) is 0.534. The van der Waals surface area contributed by atoms with Crippen LogP contribution in [0, 0.1) is 12.7 Å². The fraction of sp³-hybridized carbons (Fsp3) is 0.211. The van der Waals surface area contributed by atoms with Gasteiger partial charge in [0.2, 0.25) is 0 Å². The summed E-state index contributed by atoms with van der Waals surface area (Å²) in [7, 11) is 0. The normalized spacial score (nSPS) is 10.8. The van der Waals surface area contributed by atoms with Gasteiger partial charge < -0.3 is 5.32 Å². The molecule has 0 atom stereocenters. The Morgan fingerprint density at radius 2 is 2.00 bits per heavy atom. The highest BCUT2D eigenvalue weighted by Crippen LogP contribution is 2.18. The van der Waals surface area contributed by atoms with E-state index in [4.69, 9.17) is 0 Å². The lowest BCUT2D eigenvalue weighted by atomic mass is 10.2. The van der Waals surface area contributed by atoms with Crippen molar-refractivity contribution >= 4 is 23.3 Å². The van der Waals surface area contributed by atoms with Crippen molar-refractivity contribution in [2.45, 2.75) is 18.2 Å². The lowest BCUT2D eigenvalue weighted by molar-refractivity contribution is 0.0951. The second kappa shape index (κ2) is 8.14. The molecular weight excluding hydrogens is 353 g/mol. The third-order valence-electron chi connectivity index (χ3n) is 3.78. The minimum atomic E-state index is -0.426. The molecule has 5 nitrogen and oxygen atoms in total. The Morgan fingerprint density at radius 3 is 2.77 bits per heavy atom. The molecule has 3 aromatic rings. The molecule has 0 radical (unpaired) electrons. The van der Waals surface area contributed by atoms with Crippen LogP contribution >= 0.6 is 11.8 Å². The third kappa shape index (κ3) is 4.29. The summed E-state index contributed by atoms with van der Waals surface area (Å²) < 4.78 is 14.2. The number of nitrogens with one attached hydrogen (secondary N) is 1. The molecule has 7 heteroatoms. The first-order valence-corrected chi connectivity index (χ1v) is 9.18. The number of hydrogen-bond acceptors (Lipinski definition) is 4. The molecule has 1 N–H and O–H groups in total. The monoisotopic (exact) mass is 371 g/mol. The molecule has 1 aromatic carbocycles. The number of nitrogens with zero attached hydrogens (tertiary/aromatic N) is 2. The Balaban J connectivity index is 1.55. The zero-order valence-corrected chi connectivity index (χ0v) is 15.1. The highest BCUT2D eigenvalue weighted by atomic mass is 32.2. The molecule has 0 aliphatic carbocycles. The zero-order valence-electron chi connectivity index (χ0n) is 14.2. The topological polar surface area (TPSA) is 63.5 Å². The average molecular weight is 371 g/mol. The summed E-state index contributed by atoms with van der Waals surface area (Å²) in [4.78, 5) is 29.8. The first-order chi connectivity index (χ1) is 12.5. The lowest BCUT2D eigenvalue weighted by Crippen LogP contribution is -2.32. The Kier molecular flexibility index (Phi) is 5.68. The van der Waals surface area contributed by atoms with E-state index < -0.39 is 5.91 Å². The number of benzene rings is 1. The second-order valence-corrected chi connectivity index (χ2v) is 6.99. The highest BCUT2D eigenvalue weighted by Gasteiger charge is 2.12. The molecule has 0 aliphatic heterocycles. The van der Waals surface area contributed by atoms with Crippen molar-refractivity contribution in [3.8, 4) is 0 Å². The summed E-state index contributed by atoms with van der Waals surface area (Å²) in [6.07, 6.45) is 3.71. The molecule has 3 rings (SSSR count). The maximum absolute atomic E-state index is 12.8. The summed E-state index contributed by atoms with van der Waals surface area (Å²) in [6.45, 7) is 2.32. The van der Waals surface area contributed by atoms with E-state index >= 15 is 0 Å². The van der Waals surface area contributed by atoms with Crippen molar-refractivity contribution in [3.05, 3.63) is 76.1 Å². The van der Waals surface area contributed by atoms with E-state index in [0.717, 1.165) is 22.6 Å². The van der Waals surface area contributed by atoms with Gasteiger partial charge in [-0.15, -0.1) is 11.8 Å². The summed E-state index contributed by atoms with van der Waals surface area (Å²) in [5, 5.41) is 2.75. The number of aromatic nitrogens is 2. The Morgan fingerprint density at radius 1 is 1.23 bits per heavy atom. The molecule has 0 fully saturated rings. The molecule has 0 bridgehead atoms. The van der Waals surface area contributed by atoms with Gasteiger partial charge in [-0.1, -0.05) is 6.07 Å². The third-order valence-corrected chi connectivity index (χ3v) is 4.88. The number of amides is 1. The van der Waals surface area contributed by atoms with E-state index in [1.165, 1.54) is 22.7 Å². The van der Waals surface area contributed by atoms with Crippen molar-refractivity contribution in [1.82, 2.24) is 14.7 Å². The standard InChI is InChI=1S/C19H18FN3O2S/c1-13-3-8-17-22-11-16(19(25)23(17)12-13)18(24)21-9-2-10-26-15-6-4-14(20)5-7-15/h3-8,11-12H,2,9-10H2,1H3,(H,21,24). The van der Waals surface area contributed by atoms with Gasteiger partial charge in [-0.25, -0.2) is 9.37 Å². The van der Waals surface area contributed by atoms with E-state index in [0.29, 0.717) is 12.2 Å². The van der Waals surface area contributed by atoms with E-state index in [9.17, 15) is 14.0 Å². The summed E-state index contributed by atoms with van der Waals surface area (Å²) >= 11 is 1.59. The molecular formula is C19H18FN3O2S. The van der Waals surface area contributed by atoms with E-state index in [2.05, 4.69) is 10.3 Å².